The summed E-state index contributed by atoms with van der Waals surface area (Å²) in [5.74, 6) is -0.0185. The van der Waals surface area contributed by atoms with Crippen molar-refractivity contribution < 1.29 is 14.7 Å². The third kappa shape index (κ3) is 4.62. The molecule has 0 aromatic heterocycles. The molecule has 0 bridgehead atoms. The van der Waals surface area contributed by atoms with Crippen LogP contribution in [0.1, 0.15) is 35.2 Å². The fraction of sp³-hybridized carbons (Fsp3) is 0.600. The van der Waals surface area contributed by atoms with Crippen LogP contribution < -0.4 is 5.32 Å². The second-order valence-corrected chi connectivity index (χ2v) is 7.46. The maximum atomic E-state index is 12.4. The number of nitrogens with one attached hydrogen (secondary N) is 1. The van der Waals surface area contributed by atoms with Gasteiger partial charge >= 0.3 is 0 Å². The van der Waals surface area contributed by atoms with Gasteiger partial charge in [-0.05, 0) is 50.9 Å². The lowest BCUT2D eigenvalue weighted by Gasteiger charge is -2.36. The molecule has 2 heterocycles. The molecule has 0 aliphatic carbocycles. The molecule has 2 amide bonds. The van der Waals surface area contributed by atoms with E-state index in [0.717, 1.165) is 18.7 Å². The normalized spacial score (nSPS) is 23.8. The molecule has 2 N–H and O–H groups in total. The van der Waals surface area contributed by atoms with Crippen molar-refractivity contribution in [2.24, 2.45) is 5.92 Å². The number of benzene rings is 1. The van der Waals surface area contributed by atoms with Gasteiger partial charge in [-0.25, -0.2) is 0 Å². The highest BCUT2D eigenvalue weighted by molar-refractivity contribution is 5.95. The maximum Gasteiger partial charge on any atom is 0.251 e. The van der Waals surface area contributed by atoms with Crippen molar-refractivity contribution in [3.8, 4) is 0 Å². The molecule has 1 aromatic rings. The van der Waals surface area contributed by atoms with Gasteiger partial charge in [0, 0.05) is 31.1 Å². The molecule has 0 unspecified atom stereocenters. The lowest BCUT2D eigenvalue weighted by molar-refractivity contribution is -0.136. The number of β-amino-alcohol motifs (C(OH)–C–C–N with tert-alkyl or cyclic N) is 1. The van der Waals surface area contributed by atoms with Crippen LogP contribution in [0.15, 0.2) is 24.3 Å². The van der Waals surface area contributed by atoms with E-state index in [9.17, 15) is 14.7 Å². The van der Waals surface area contributed by atoms with E-state index in [1.165, 1.54) is 12.8 Å². The number of aliphatic hydroxyl groups is 1. The summed E-state index contributed by atoms with van der Waals surface area (Å²) in [6.45, 7) is 5.80. The van der Waals surface area contributed by atoms with Crippen molar-refractivity contribution >= 4 is 11.8 Å². The molecule has 2 saturated heterocycles. The zero-order chi connectivity index (χ0) is 18.5. The highest BCUT2D eigenvalue weighted by atomic mass is 16.3. The summed E-state index contributed by atoms with van der Waals surface area (Å²) in [5.41, 5.74) is 1.60. The minimum Gasteiger partial charge on any atom is -0.391 e. The van der Waals surface area contributed by atoms with Crippen LogP contribution in [0, 0.1) is 12.8 Å². The van der Waals surface area contributed by atoms with Gasteiger partial charge in [0.1, 0.15) is 0 Å². The second kappa shape index (κ2) is 8.64. The van der Waals surface area contributed by atoms with E-state index in [2.05, 4.69) is 10.2 Å². The third-order valence-corrected chi connectivity index (χ3v) is 5.55. The lowest BCUT2D eigenvalue weighted by Crippen LogP contribution is -2.51. The number of carbonyl (C=O) groups is 2. The standard InChI is InChI=1S/C20H29N3O3/c1-15-6-2-3-7-17(15)20(26)21-12-16-8-11-23(13-18(16)24)19(25)14-22-9-4-5-10-22/h2-3,6-7,16,18,24H,4-5,8-14H2,1H3,(H,21,26)/t16-,18+/m0/s1. The Bertz CT molecular complexity index is 643. The molecule has 2 aliphatic rings. The van der Waals surface area contributed by atoms with Crippen LogP contribution in [0.5, 0.6) is 0 Å². The monoisotopic (exact) mass is 359 g/mol. The molecule has 1 aromatic carbocycles. The Morgan fingerprint density at radius 3 is 2.62 bits per heavy atom. The Balaban J connectivity index is 1.46. The SMILES string of the molecule is Cc1ccccc1C(=O)NC[C@@H]1CCN(C(=O)CN2CCCC2)C[C@H]1O. The Labute approximate surface area is 155 Å². The smallest absolute Gasteiger partial charge is 0.251 e. The number of hydrogen-bond donors (Lipinski definition) is 2. The molecule has 2 fully saturated rings. The zero-order valence-electron chi connectivity index (χ0n) is 15.5. The predicted octanol–water partition coefficient (Wildman–Crippen LogP) is 1.03. The molecule has 0 spiro atoms. The van der Waals surface area contributed by atoms with Crippen molar-refractivity contribution in [1.82, 2.24) is 15.1 Å². The van der Waals surface area contributed by atoms with Crippen LogP contribution in [0.2, 0.25) is 0 Å². The first-order chi connectivity index (χ1) is 12.5. The third-order valence-electron chi connectivity index (χ3n) is 5.55. The predicted molar refractivity (Wildman–Crippen MR) is 99.9 cm³/mol. The van der Waals surface area contributed by atoms with Gasteiger partial charge in [-0.3, -0.25) is 14.5 Å². The van der Waals surface area contributed by atoms with E-state index in [1.54, 1.807) is 11.0 Å². The van der Waals surface area contributed by atoms with Gasteiger partial charge in [0.2, 0.25) is 5.91 Å². The minimum absolute atomic E-state index is 0.0150. The molecule has 2 atom stereocenters. The van der Waals surface area contributed by atoms with Crippen LogP contribution in [-0.2, 0) is 4.79 Å². The van der Waals surface area contributed by atoms with Gasteiger partial charge in [-0.15, -0.1) is 0 Å². The average molecular weight is 359 g/mol. The van der Waals surface area contributed by atoms with Gasteiger partial charge in [-0.1, -0.05) is 18.2 Å². The Kier molecular flexibility index (Phi) is 6.27. The first kappa shape index (κ1) is 18.9. The van der Waals surface area contributed by atoms with Crippen LogP contribution in [-0.4, -0.2) is 72.1 Å². The van der Waals surface area contributed by atoms with Crippen molar-refractivity contribution in [2.75, 3.05) is 39.3 Å². The highest BCUT2D eigenvalue weighted by Gasteiger charge is 2.31. The maximum absolute atomic E-state index is 12.4. The molecule has 26 heavy (non-hydrogen) atoms. The summed E-state index contributed by atoms with van der Waals surface area (Å²) in [6, 6.07) is 7.47. The van der Waals surface area contributed by atoms with Crippen molar-refractivity contribution in [1.29, 1.82) is 0 Å². The summed E-state index contributed by atoms with van der Waals surface area (Å²) in [4.78, 5) is 28.7. The van der Waals surface area contributed by atoms with Crippen LogP contribution >= 0.6 is 0 Å². The fourth-order valence-corrected chi connectivity index (χ4v) is 3.82. The van der Waals surface area contributed by atoms with E-state index in [4.69, 9.17) is 0 Å². The molecule has 6 heteroatoms. The van der Waals surface area contributed by atoms with Gasteiger partial charge in [0.15, 0.2) is 0 Å². The molecular formula is C20H29N3O3. The fourth-order valence-electron chi connectivity index (χ4n) is 3.82. The summed E-state index contributed by atoms with van der Waals surface area (Å²) >= 11 is 0. The quantitative estimate of drug-likeness (QED) is 0.824. The van der Waals surface area contributed by atoms with Crippen LogP contribution in [0.25, 0.3) is 0 Å². The highest BCUT2D eigenvalue weighted by Crippen LogP contribution is 2.18. The number of aryl methyl sites for hydroxylation is 1. The van der Waals surface area contributed by atoms with Gasteiger partial charge in [-0.2, -0.15) is 0 Å². The topological polar surface area (TPSA) is 72.9 Å². The van der Waals surface area contributed by atoms with Crippen LogP contribution in [0.4, 0.5) is 0 Å². The first-order valence-electron chi connectivity index (χ1n) is 9.56. The van der Waals surface area contributed by atoms with Gasteiger partial charge < -0.3 is 15.3 Å². The van der Waals surface area contributed by atoms with E-state index in [1.807, 2.05) is 25.1 Å². The molecule has 2 aliphatic heterocycles. The van der Waals surface area contributed by atoms with E-state index < -0.39 is 6.10 Å². The molecule has 6 nitrogen and oxygen atoms in total. The van der Waals surface area contributed by atoms with E-state index in [-0.39, 0.29) is 17.7 Å². The first-order valence-corrected chi connectivity index (χ1v) is 9.56. The lowest BCUT2D eigenvalue weighted by atomic mass is 9.93. The van der Waals surface area contributed by atoms with E-state index >= 15 is 0 Å². The molecule has 142 valence electrons. The number of aliphatic hydroxyl groups excluding tert-OH is 1. The molecule has 0 radical (unpaired) electrons. The largest absolute Gasteiger partial charge is 0.391 e. The Morgan fingerprint density at radius 1 is 1.19 bits per heavy atom. The summed E-state index contributed by atoms with van der Waals surface area (Å²) in [5, 5.41) is 13.4. The molecule has 0 saturated carbocycles. The second-order valence-electron chi connectivity index (χ2n) is 7.46. The van der Waals surface area contributed by atoms with Gasteiger partial charge in [0.05, 0.1) is 12.6 Å². The summed E-state index contributed by atoms with van der Waals surface area (Å²) < 4.78 is 0. The van der Waals surface area contributed by atoms with Crippen molar-refractivity contribution in [3.63, 3.8) is 0 Å². The average Bonchev–Trinajstić information content (AvgIpc) is 3.13. The summed E-state index contributed by atoms with van der Waals surface area (Å²) in [6.07, 6.45) is 2.45. The minimum atomic E-state index is -0.594. The number of carbonyl (C=O) groups excluding carboxylic acids is 2. The number of nitrogens with zero attached hydrogens (tertiary/aromatic N) is 2. The Morgan fingerprint density at radius 2 is 1.92 bits per heavy atom. The number of amides is 2. The summed E-state index contributed by atoms with van der Waals surface area (Å²) in [7, 11) is 0. The molecule has 3 rings (SSSR count). The molecular weight excluding hydrogens is 330 g/mol. The number of piperidine rings is 1. The number of likely N-dealkylation sites (tertiary alicyclic amines) is 2. The zero-order valence-corrected chi connectivity index (χ0v) is 15.5. The van der Waals surface area contributed by atoms with Crippen molar-refractivity contribution in [3.05, 3.63) is 35.4 Å². The van der Waals surface area contributed by atoms with Crippen LogP contribution in [0.3, 0.4) is 0 Å². The number of rotatable bonds is 5. The van der Waals surface area contributed by atoms with Gasteiger partial charge in [0.25, 0.3) is 5.91 Å². The number of hydrogen-bond acceptors (Lipinski definition) is 4. The Hall–Kier alpha value is -1.92. The van der Waals surface area contributed by atoms with E-state index in [0.29, 0.717) is 38.2 Å². The van der Waals surface area contributed by atoms with Crippen molar-refractivity contribution in [2.45, 2.75) is 32.3 Å².